The minimum atomic E-state index is 0.886. The molecule has 0 amide bonds. The van der Waals surface area contributed by atoms with Crippen LogP contribution in [0.1, 0.15) is 112 Å². The van der Waals surface area contributed by atoms with Gasteiger partial charge in [0.25, 0.3) is 0 Å². The van der Waals surface area contributed by atoms with Gasteiger partial charge in [-0.15, -0.1) is 0 Å². The van der Waals surface area contributed by atoms with Gasteiger partial charge in [-0.3, -0.25) is 0 Å². The van der Waals surface area contributed by atoms with Crippen molar-refractivity contribution in [3.8, 4) is 0 Å². The number of unbranched alkanes of at least 4 members (excludes halogenated alkanes) is 1. The molecule has 0 bridgehead atoms. The van der Waals surface area contributed by atoms with Gasteiger partial charge in [0.1, 0.15) is 0 Å². The predicted octanol–water partition coefficient (Wildman–Crippen LogP) is 7.79. The monoisotopic (exact) mass is 365 g/mol. The van der Waals surface area contributed by atoms with Crippen LogP contribution in [-0.2, 0) is 0 Å². The summed E-state index contributed by atoms with van der Waals surface area (Å²) in [6.07, 6.45) is 16.4. The van der Waals surface area contributed by atoms with Gasteiger partial charge in [-0.2, -0.15) is 0 Å². The van der Waals surface area contributed by atoms with Gasteiger partial charge in [-0.05, 0) is 81.3 Å². The van der Waals surface area contributed by atoms with E-state index in [-0.39, 0.29) is 0 Å². The zero-order valence-corrected chi connectivity index (χ0v) is 19.2. The Morgan fingerprint density at radius 3 is 1.62 bits per heavy atom. The van der Waals surface area contributed by atoms with Crippen molar-refractivity contribution in [2.24, 2.45) is 29.6 Å². The smallest absolute Gasteiger partial charge is 0.00161 e. The van der Waals surface area contributed by atoms with Gasteiger partial charge in [-0.25, -0.2) is 0 Å². The summed E-state index contributed by atoms with van der Waals surface area (Å²) >= 11 is 0. The van der Waals surface area contributed by atoms with Crippen LogP contribution in [-0.4, -0.2) is 24.5 Å². The van der Waals surface area contributed by atoms with Crippen LogP contribution < -0.4 is 0 Å². The normalized spacial score (nSPS) is 25.4. The van der Waals surface area contributed by atoms with Gasteiger partial charge in [0.2, 0.25) is 0 Å². The zero-order chi connectivity index (χ0) is 19.4. The molecule has 1 saturated heterocycles. The highest BCUT2D eigenvalue weighted by Gasteiger charge is 2.22. The van der Waals surface area contributed by atoms with E-state index in [0.717, 1.165) is 29.6 Å². The van der Waals surface area contributed by atoms with Crippen LogP contribution in [0.2, 0.25) is 0 Å². The summed E-state index contributed by atoms with van der Waals surface area (Å²) in [4.78, 5) is 2.75. The molecule has 1 nitrogen and oxygen atoms in total. The van der Waals surface area contributed by atoms with Crippen LogP contribution in [0.3, 0.4) is 0 Å². The summed E-state index contributed by atoms with van der Waals surface area (Å²) in [6, 6.07) is 0. The summed E-state index contributed by atoms with van der Waals surface area (Å²) < 4.78 is 0. The van der Waals surface area contributed by atoms with E-state index in [4.69, 9.17) is 0 Å². The van der Waals surface area contributed by atoms with Gasteiger partial charge in [-0.1, -0.05) is 80.1 Å². The third-order valence-corrected chi connectivity index (χ3v) is 6.62. The second kappa shape index (κ2) is 14.0. The van der Waals surface area contributed by atoms with Gasteiger partial charge in [0, 0.05) is 0 Å². The first-order valence-electron chi connectivity index (χ1n) is 12.2. The Bertz CT molecular complexity index is 274. The Morgan fingerprint density at radius 2 is 1.12 bits per heavy atom. The number of nitrogens with zero attached hydrogens (tertiary/aromatic N) is 1. The van der Waals surface area contributed by atoms with E-state index in [9.17, 15) is 0 Å². The van der Waals surface area contributed by atoms with Crippen LogP contribution in [0.4, 0.5) is 0 Å². The van der Waals surface area contributed by atoms with Crippen molar-refractivity contribution in [1.29, 1.82) is 0 Å². The lowest BCUT2D eigenvalue weighted by Crippen LogP contribution is -2.34. The molecule has 2 aliphatic rings. The van der Waals surface area contributed by atoms with Crippen molar-refractivity contribution in [2.45, 2.75) is 112 Å². The molecule has 156 valence electrons. The first-order valence-corrected chi connectivity index (χ1v) is 12.2. The Labute approximate surface area is 166 Å². The molecule has 1 aliphatic carbocycles. The second-order valence-corrected chi connectivity index (χ2v) is 9.93. The SMILES string of the molecule is CC.CC(C)CC1CCC(CCCCN2CCC(CC(C)C)CC2)CC1. The van der Waals surface area contributed by atoms with Crippen molar-refractivity contribution in [1.82, 2.24) is 4.90 Å². The van der Waals surface area contributed by atoms with Crippen molar-refractivity contribution in [3.63, 3.8) is 0 Å². The summed E-state index contributed by atoms with van der Waals surface area (Å²) in [5.74, 6) is 4.91. The maximum atomic E-state index is 2.75. The predicted molar refractivity (Wildman–Crippen MR) is 119 cm³/mol. The molecule has 1 heteroatoms. The fraction of sp³-hybridized carbons (Fsp3) is 1.00. The van der Waals surface area contributed by atoms with Crippen molar-refractivity contribution in [3.05, 3.63) is 0 Å². The molecule has 2 rings (SSSR count). The highest BCUT2D eigenvalue weighted by atomic mass is 15.1. The summed E-state index contributed by atoms with van der Waals surface area (Å²) in [6.45, 7) is 17.6. The van der Waals surface area contributed by atoms with Crippen LogP contribution >= 0.6 is 0 Å². The van der Waals surface area contributed by atoms with Crippen molar-refractivity contribution < 1.29 is 0 Å². The first kappa shape index (κ1) is 24.0. The molecule has 0 radical (unpaired) electrons. The first-order chi connectivity index (χ1) is 12.5. The lowest BCUT2D eigenvalue weighted by Gasteiger charge is -2.33. The Balaban J connectivity index is 0.00000163. The van der Waals surface area contributed by atoms with E-state index in [2.05, 4.69) is 32.6 Å². The van der Waals surface area contributed by atoms with E-state index < -0.39 is 0 Å². The molecule has 0 aromatic rings. The van der Waals surface area contributed by atoms with Gasteiger partial charge in [0.05, 0.1) is 0 Å². The molecule has 2 fully saturated rings. The molecule has 0 aromatic carbocycles. The van der Waals surface area contributed by atoms with E-state index in [1.807, 2.05) is 13.8 Å². The molecule has 0 N–H and O–H groups in total. The molecule has 0 unspecified atom stereocenters. The summed E-state index contributed by atoms with van der Waals surface area (Å²) in [5, 5.41) is 0. The lowest BCUT2D eigenvalue weighted by molar-refractivity contribution is 0.165. The van der Waals surface area contributed by atoms with E-state index in [1.165, 1.54) is 90.3 Å². The molecule has 1 heterocycles. The largest absolute Gasteiger partial charge is 0.303 e. The standard InChI is InChI=1S/C23H45N.C2H6/c1-19(2)17-22-10-8-21(9-11-22)7-5-6-14-24-15-12-23(13-16-24)18-20(3)4;1-2/h19-23H,5-18H2,1-4H3;1-2H3. The molecule has 26 heavy (non-hydrogen) atoms. The quantitative estimate of drug-likeness (QED) is 0.377. The average Bonchev–Trinajstić information content (AvgIpc) is 2.62. The number of hydrogen-bond donors (Lipinski definition) is 0. The topological polar surface area (TPSA) is 3.24 Å². The van der Waals surface area contributed by atoms with E-state index in [1.54, 1.807) is 0 Å². The minimum absolute atomic E-state index is 0.886. The molecule has 0 spiro atoms. The molecule has 1 aliphatic heterocycles. The van der Waals surface area contributed by atoms with Crippen molar-refractivity contribution in [2.75, 3.05) is 19.6 Å². The molecule has 1 saturated carbocycles. The lowest BCUT2D eigenvalue weighted by atomic mass is 9.77. The van der Waals surface area contributed by atoms with Gasteiger partial charge < -0.3 is 4.90 Å². The fourth-order valence-corrected chi connectivity index (χ4v) is 5.30. The van der Waals surface area contributed by atoms with Crippen LogP contribution in [0.15, 0.2) is 0 Å². The fourth-order valence-electron chi connectivity index (χ4n) is 5.30. The number of rotatable bonds is 9. The highest BCUT2D eigenvalue weighted by molar-refractivity contribution is 4.75. The van der Waals surface area contributed by atoms with E-state index >= 15 is 0 Å². The second-order valence-electron chi connectivity index (χ2n) is 9.93. The van der Waals surface area contributed by atoms with Gasteiger partial charge in [0.15, 0.2) is 0 Å². The molecule has 0 aromatic heterocycles. The van der Waals surface area contributed by atoms with Gasteiger partial charge >= 0.3 is 0 Å². The Morgan fingerprint density at radius 1 is 0.654 bits per heavy atom. The zero-order valence-electron chi connectivity index (χ0n) is 19.2. The van der Waals surface area contributed by atoms with Crippen molar-refractivity contribution >= 4 is 0 Å². The molecular formula is C25H51N. The minimum Gasteiger partial charge on any atom is -0.303 e. The Hall–Kier alpha value is -0.0400. The molecule has 0 atom stereocenters. The number of piperidine rings is 1. The van der Waals surface area contributed by atoms with E-state index in [0.29, 0.717) is 0 Å². The highest BCUT2D eigenvalue weighted by Crippen LogP contribution is 2.35. The van der Waals surface area contributed by atoms with Crippen LogP contribution in [0, 0.1) is 29.6 Å². The van der Waals surface area contributed by atoms with Crippen LogP contribution in [0.5, 0.6) is 0 Å². The molecular weight excluding hydrogens is 314 g/mol. The maximum absolute atomic E-state index is 2.75. The third-order valence-electron chi connectivity index (χ3n) is 6.62. The Kier molecular flexibility index (Phi) is 12.9. The number of hydrogen-bond acceptors (Lipinski definition) is 1. The summed E-state index contributed by atoms with van der Waals surface area (Å²) in [7, 11) is 0. The number of likely N-dealkylation sites (tertiary alicyclic amines) is 1. The van der Waals surface area contributed by atoms with Crippen LogP contribution in [0.25, 0.3) is 0 Å². The maximum Gasteiger partial charge on any atom is -0.00161 e. The summed E-state index contributed by atoms with van der Waals surface area (Å²) in [5.41, 5.74) is 0. The third kappa shape index (κ3) is 10.3. The average molecular weight is 366 g/mol.